The monoisotopic (exact) mass is 313 g/mol. The molecule has 4 rings (SSSR count). The maximum absolute atomic E-state index is 6.05. The van der Waals surface area contributed by atoms with Gasteiger partial charge in [-0.2, -0.15) is 0 Å². The fourth-order valence-corrected chi connectivity index (χ4v) is 3.67. The van der Waals surface area contributed by atoms with Gasteiger partial charge in [0.05, 0.1) is 12.0 Å². The van der Waals surface area contributed by atoms with Gasteiger partial charge in [0.15, 0.2) is 0 Å². The van der Waals surface area contributed by atoms with Gasteiger partial charge in [-0.3, -0.25) is 4.98 Å². The summed E-state index contributed by atoms with van der Waals surface area (Å²) in [6.45, 7) is 7.37. The van der Waals surface area contributed by atoms with E-state index < -0.39 is 0 Å². The van der Waals surface area contributed by atoms with E-state index in [-0.39, 0.29) is 17.4 Å². The predicted molar refractivity (Wildman–Crippen MR) is 85.2 cm³/mol. The highest BCUT2D eigenvalue weighted by Gasteiger charge is 2.45. The summed E-state index contributed by atoms with van der Waals surface area (Å²) in [7, 11) is 0. The molecule has 3 heterocycles. The highest BCUT2D eigenvalue weighted by molar-refractivity contribution is 5.28. The number of hydrogen-bond donors (Lipinski definition) is 0. The number of hydrogen-bond acceptors (Lipinski definition) is 5. The third-order valence-electron chi connectivity index (χ3n) is 4.94. The second-order valence-electron chi connectivity index (χ2n) is 7.77. The van der Waals surface area contributed by atoms with Gasteiger partial charge in [-0.05, 0) is 35.8 Å². The second kappa shape index (κ2) is 5.41. The van der Waals surface area contributed by atoms with Crippen molar-refractivity contribution in [3.8, 4) is 0 Å². The Bertz CT molecular complexity index is 677. The lowest BCUT2D eigenvalue weighted by molar-refractivity contribution is 0.0170. The maximum Gasteiger partial charge on any atom is 0.222 e. The summed E-state index contributed by atoms with van der Waals surface area (Å²) in [5.74, 6) is 2.54. The van der Waals surface area contributed by atoms with Crippen LogP contribution in [-0.4, -0.2) is 27.9 Å². The van der Waals surface area contributed by atoms with Gasteiger partial charge >= 0.3 is 0 Å². The first kappa shape index (κ1) is 14.8. The molecule has 2 aliphatic rings. The van der Waals surface area contributed by atoms with Crippen LogP contribution in [0.2, 0.25) is 0 Å². The van der Waals surface area contributed by atoms with Crippen LogP contribution < -0.4 is 0 Å². The number of pyridine rings is 1. The van der Waals surface area contributed by atoms with Crippen molar-refractivity contribution in [1.29, 1.82) is 0 Å². The highest BCUT2D eigenvalue weighted by Crippen LogP contribution is 2.54. The Labute approximate surface area is 136 Å². The van der Waals surface area contributed by atoms with E-state index >= 15 is 0 Å². The quantitative estimate of drug-likeness (QED) is 0.865. The van der Waals surface area contributed by atoms with Crippen LogP contribution in [0.5, 0.6) is 0 Å². The smallest absolute Gasteiger partial charge is 0.222 e. The Morgan fingerprint density at radius 3 is 2.57 bits per heavy atom. The molecule has 4 atom stereocenters. The van der Waals surface area contributed by atoms with Crippen LogP contribution in [0.3, 0.4) is 0 Å². The van der Waals surface area contributed by atoms with Crippen molar-refractivity contribution in [2.75, 3.05) is 6.61 Å². The molecule has 5 nitrogen and oxygen atoms in total. The van der Waals surface area contributed by atoms with Gasteiger partial charge in [-0.25, -0.2) is 0 Å². The molecular weight excluding hydrogens is 290 g/mol. The third-order valence-corrected chi connectivity index (χ3v) is 4.94. The van der Waals surface area contributed by atoms with E-state index in [1.165, 1.54) is 5.56 Å². The third kappa shape index (κ3) is 2.78. The first-order valence-corrected chi connectivity index (χ1v) is 8.39. The highest BCUT2D eigenvalue weighted by atomic mass is 16.5. The van der Waals surface area contributed by atoms with E-state index in [1.807, 2.05) is 12.3 Å². The molecule has 2 aromatic heterocycles. The van der Waals surface area contributed by atoms with Gasteiger partial charge in [0.2, 0.25) is 11.8 Å². The van der Waals surface area contributed by atoms with Crippen LogP contribution in [0, 0.1) is 5.41 Å². The van der Waals surface area contributed by atoms with Crippen LogP contribution in [0.1, 0.15) is 68.7 Å². The van der Waals surface area contributed by atoms with Gasteiger partial charge < -0.3 is 9.15 Å². The van der Waals surface area contributed by atoms with Gasteiger partial charge in [-0.15, -0.1) is 10.2 Å². The van der Waals surface area contributed by atoms with Crippen molar-refractivity contribution in [3.05, 3.63) is 41.9 Å². The molecule has 0 spiro atoms. The summed E-state index contributed by atoms with van der Waals surface area (Å²) in [4.78, 5) is 4.20. The second-order valence-corrected chi connectivity index (χ2v) is 7.77. The van der Waals surface area contributed by atoms with Gasteiger partial charge in [-0.1, -0.05) is 26.8 Å². The number of ether oxygens (including phenoxy) is 1. The zero-order chi connectivity index (χ0) is 16.0. The Hall–Kier alpha value is -1.75. The van der Waals surface area contributed by atoms with Crippen LogP contribution in [0.15, 0.2) is 28.9 Å². The number of rotatable bonds is 3. The van der Waals surface area contributed by atoms with Gasteiger partial charge in [0.25, 0.3) is 0 Å². The molecule has 2 aromatic rings. The molecule has 5 heteroatoms. The van der Waals surface area contributed by atoms with Crippen molar-refractivity contribution in [2.45, 2.75) is 57.5 Å². The molecule has 0 radical (unpaired) electrons. The molecule has 0 amide bonds. The minimum atomic E-state index is 0.0770. The molecular formula is C18H23N3O2. The fraction of sp³-hybridized carbons (Fsp3) is 0.611. The van der Waals surface area contributed by atoms with E-state index in [9.17, 15) is 0 Å². The SMILES string of the molecule is CC(C)(C)[C@H]1OCC[C@@H]1c1nnc([C@H]2C[C@H]2c2cccnc2)o1. The fourth-order valence-electron chi connectivity index (χ4n) is 3.67. The molecule has 0 unspecified atom stereocenters. The topological polar surface area (TPSA) is 61.0 Å². The van der Waals surface area contributed by atoms with Crippen LogP contribution >= 0.6 is 0 Å². The molecule has 0 aromatic carbocycles. The number of nitrogens with zero attached hydrogens (tertiary/aromatic N) is 3. The Morgan fingerprint density at radius 2 is 1.87 bits per heavy atom. The minimum Gasteiger partial charge on any atom is -0.425 e. The summed E-state index contributed by atoms with van der Waals surface area (Å²) in [6, 6.07) is 4.10. The Kier molecular flexibility index (Phi) is 3.48. The zero-order valence-electron chi connectivity index (χ0n) is 13.9. The molecule has 2 fully saturated rings. The Balaban J connectivity index is 1.50. The molecule has 122 valence electrons. The summed E-state index contributed by atoms with van der Waals surface area (Å²) >= 11 is 0. The molecule has 1 aliphatic carbocycles. The lowest BCUT2D eigenvalue weighted by atomic mass is 9.81. The zero-order valence-corrected chi connectivity index (χ0v) is 13.9. The Morgan fingerprint density at radius 1 is 1.09 bits per heavy atom. The van der Waals surface area contributed by atoms with Gasteiger partial charge in [0.1, 0.15) is 0 Å². The minimum absolute atomic E-state index is 0.0770. The average molecular weight is 313 g/mol. The summed E-state index contributed by atoms with van der Waals surface area (Å²) in [5, 5.41) is 8.66. The van der Waals surface area contributed by atoms with E-state index in [0.29, 0.717) is 11.8 Å². The van der Waals surface area contributed by atoms with Crippen molar-refractivity contribution in [3.63, 3.8) is 0 Å². The number of aromatic nitrogens is 3. The molecule has 1 saturated carbocycles. The predicted octanol–water partition coefficient (Wildman–Crippen LogP) is 3.65. The standard InChI is InChI=1S/C18H23N3O2/c1-18(2,3)15-12(6-8-22-15)16-20-21-17(23-16)14-9-13(14)11-5-4-7-19-10-11/h4-5,7,10,12-15H,6,8-9H2,1-3H3/t12-,13-,14-,15-/m0/s1. The lowest BCUT2D eigenvalue weighted by Gasteiger charge is -2.29. The van der Waals surface area contributed by atoms with Crippen LogP contribution in [-0.2, 0) is 4.74 Å². The van der Waals surface area contributed by atoms with Crippen molar-refractivity contribution in [1.82, 2.24) is 15.2 Å². The van der Waals surface area contributed by atoms with Crippen molar-refractivity contribution < 1.29 is 9.15 Å². The van der Waals surface area contributed by atoms with Crippen molar-refractivity contribution >= 4 is 0 Å². The molecule has 1 saturated heterocycles. The lowest BCUT2D eigenvalue weighted by Crippen LogP contribution is -2.30. The molecule has 0 bridgehead atoms. The van der Waals surface area contributed by atoms with E-state index in [2.05, 4.69) is 42.0 Å². The molecule has 0 N–H and O–H groups in total. The largest absolute Gasteiger partial charge is 0.425 e. The van der Waals surface area contributed by atoms with Crippen LogP contribution in [0.25, 0.3) is 0 Å². The maximum atomic E-state index is 6.05. The summed E-state index contributed by atoms with van der Waals surface area (Å²) in [6.07, 6.45) is 5.90. The van der Waals surface area contributed by atoms with Crippen molar-refractivity contribution in [2.24, 2.45) is 5.41 Å². The normalized spacial score (nSPS) is 30.6. The van der Waals surface area contributed by atoms with E-state index in [4.69, 9.17) is 9.15 Å². The van der Waals surface area contributed by atoms with E-state index in [0.717, 1.165) is 31.2 Å². The molecule has 23 heavy (non-hydrogen) atoms. The first-order chi connectivity index (χ1) is 11.0. The van der Waals surface area contributed by atoms with Gasteiger partial charge in [0, 0.05) is 24.9 Å². The van der Waals surface area contributed by atoms with E-state index in [1.54, 1.807) is 6.20 Å². The van der Waals surface area contributed by atoms with Crippen LogP contribution in [0.4, 0.5) is 0 Å². The summed E-state index contributed by atoms with van der Waals surface area (Å²) < 4.78 is 12.0. The average Bonchev–Trinajstić information content (AvgIpc) is 2.97. The first-order valence-electron chi connectivity index (χ1n) is 8.39. The molecule has 1 aliphatic heterocycles. The summed E-state index contributed by atoms with van der Waals surface area (Å²) in [5.41, 5.74) is 1.34.